The Labute approximate surface area is 99.7 Å². The number of nitrogen functional groups attached to an aromatic ring is 1. The van der Waals surface area contributed by atoms with Gasteiger partial charge in [-0.05, 0) is 6.42 Å². The van der Waals surface area contributed by atoms with Gasteiger partial charge in [0.1, 0.15) is 12.0 Å². The number of ether oxygens (including phenoxy) is 1. The zero-order chi connectivity index (χ0) is 12.7. The summed E-state index contributed by atoms with van der Waals surface area (Å²) in [6.07, 6.45) is 1.33. The van der Waals surface area contributed by atoms with E-state index in [2.05, 4.69) is 15.3 Å². The number of hydrogen-bond donors (Lipinski definition) is 4. The summed E-state index contributed by atoms with van der Waals surface area (Å²) in [5.74, 6) is 0.710. The lowest BCUT2D eigenvalue weighted by Crippen LogP contribution is -2.24. The molecule has 0 aliphatic carbocycles. The van der Waals surface area contributed by atoms with Gasteiger partial charge in [0, 0.05) is 6.54 Å². The molecule has 1 unspecified atom stereocenters. The van der Waals surface area contributed by atoms with Crippen LogP contribution in [-0.2, 0) is 0 Å². The standard InChI is InChI=1S/C10H18N4O3/c1-2-3-17-10-8(11)9(13-6-14-10)12-4-7(16)5-15/h6-7,15-16H,2-5,11H2,1H3,(H,12,13,14). The Morgan fingerprint density at radius 3 is 2.94 bits per heavy atom. The number of aliphatic hydroxyl groups excluding tert-OH is 2. The Balaban J connectivity index is 2.65. The van der Waals surface area contributed by atoms with Crippen molar-refractivity contribution in [3.05, 3.63) is 6.33 Å². The molecule has 0 radical (unpaired) electrons. The molecule has 0 bridgehead atoms. The monoisotopic (exact) mass is 242 g/mol. The molecule has 96 valence electrons. The fourth-order valence-corrected chi connectivity index (χ4v) is 1.11. The summed E-state index contributed by atoms with van der Waals surface area (Å²) in [4.78, 5) is 7.85. The van der Waals surface area contributed by atoms with Gasteiger partial charge in [-0.3, -0.25) is 0 Å². The Kier molecular flexibility index (Phi) is 5.44. The van der Waals surface area contributed by atoms with E-state index in [0.29, 0.717) is 24.0 Å². The smallest absolute Gasteiger partial charge is 0.242 e. The van der Waals surface area contributed by atoms with Gasteiger partial charge < -0.3 is 26.0 Å². The van der Waals surface area contributed by atoms with Gasteiger partial charge in [0.15, 0.2) is 5.82 Å². The SMILES string of the molecule is CCCOc1ncnc(NCC(O)CO)c1N. The van der Waals surface area contributed by atoms with E-state index in [4.69, 9.17) is 15.6 Å². The summed E-state index contributed by atoms with van der Waals surface area (Å²) in [6.45, 7) is 2.34. The molecule has 5 N–H and O–H groups in total. The molecule has 1 heterocycles. The number of aliphatic hydroxyl groups is 2. The largest absolute Gasteiger partial charge is 0.476 e. The average molecular weight is 242 g/mol. The van der Waals surface area contributed by atoms with Crippen molar-refractivity contribution in [2.75, 3.05) is 30.8 Å². The Bertz CT molecular complexity index is 348. The second-order valence-corrected chi connectivity index (χ2v) is 3.51. The van der Waals surface area contributed by atoms with Crippen LogP contribution in [-0.4, -0.2) is 46.0 Å². The van der Waals surface area contributed by atoms with Gasteiger partial charge in [0.2, 0.25) is 5.88 Å². The summed E-state index contributed by atoms with van der Waals surface area (Å²) in [7, 11) is 0. The Morgan fingerprint density at radius 1 is 1.53 bits per heavy atom. The first-order valence-corrected chi connectivity index (χ1v) is 5.45. The lowest BCUT2D eigenvalue weighted by molar-refractivity contribution is 0.105. The zero-order valence-electron chi connectivity index (χ0n) is 9.76. The van der Waals surface area contributed by atoms with Crippen LogP contribution in [0.2, 0.25) is 0 Å². The molecule has 0 aliphatic rings. The van der Waals surface area contributed by atoms with E-state index in [0.717, 1.165) is 6.42 Å². The molecule has 1 aromatic rings. The van der Waals surface area contributed by atoms with Crippen LogP contribution in [0.5, 0.6) is 5.88 Å². The molecule has 0 saturated heterocycles. The zero-order valence-corrected chi connectivity index (χ0v) is 9.76. The van der Waals surface area contributed by atoms with Gasteiger partial charge in [-0.2, -0.15) is 4.98 Å². The fourth-order valence-electron chi connectivity index (χ4n) is 1.11. The highest BCUT2D eigenvalue weighted by Gasteiger charge is 2.10. The molecule has 1 atom stereocenters. The summed E-state index contributed by atoms with van der Waals surface area (Å²) in [5, 5.41) is 20.7. The Morgan fingerprint density at radius 2 is 2.29 bits per heavy atom. The average Bonchev–Trinajstić information content (AvgIpc) is 2.35. The third-order valence-electron chi connectivity index (χ3n) is 2.01. The highest BCUT2D eigenvalue weighted by molar-refractivity contribution is 5.66. The minimum Gasteiger partial charge on any atom is -0.476 e. The van der Waals surface area contributed by atoms with Crippen LogP contribution >= 0.6 is 0 Å². The van der Waals surface area contributed by atoms with Crippen molar-refractivity contribution in [1.29, 1.82) is 0 Å². The highest BCUT2D eigenvalue weighted by Crippen LogP contribution is 2.24. The molecule has 0 fully saturated rings. The van der Waals surface area contributed by atoms with Crippen molar-refractivity contribution in [2.24, 2.45) is 0 Å². The predicted octanol–water partition coefficient (Wildman–Crippen LogP) is -0.387. The summed E-state index contributed by atoms with van der Waals surface area (Å²) < 4.78 is 5.33. The molecule has 17 heavy (non-hydrogen) atoms. The van der Waals surface area contributed by atoms with Crippen molar-refractivity contribution in [3.8, 4) is 5.88 Å². The van der Waals surface area contributed by atoms with E-state index < -0.39 is 6.10 Å². The van der Waals surface area contributed by atoms with Gasteiger partial charge in [0.05, 0.1) is 19.3 Å². The molecular weight excluding hydrogens is 224 g/mol. The van der Waals surface area contributed by atoms with Gasteiger partial charge >= 0.3 is 0 Å². The van der Waals surface area contributed by atoms with E-state index in [9.17, 15) is 5.11 Å². The van der Waals surface area contributed by atoms with Crippen molar-refractivity contribution in [2.45, 2.75) is 19.4 Å². The second-order valence-electron chi connectivity index (χ2n) is 3.51. The second kappa shape index (κ2) is 6.87. The number of aromatic nitrogens is 2. The Hall–Kier alpha value is -1.60. The number of hydrogen-bond acceptors (Lipinski definition) is 7. The predicted molar refractivity (Wildman–Crippen MR) is 63.8 cm³/mol. The molecule has 1 rings (SSSR count). The first kappa shape index (κ1) is 13.5. The lowest BCUT2D eigenvalue weighted by Gasteiger charge is -2.13. The van der Waals surface area contributed by atoms with E-state index in [1.54, 1.807) is 0 Å². The first-order chi connectivity index (χ1) is 8.19. The summed E-state index contributed by atoms with van der Waals surface area (Å²) >= 11 is 0. The van der Waals surface area contributed by atoms with Gasteiger partial charge in [-0.25, -0.2) is 4.98 Å². The fraction of sp³-hybridized carbons (Fsp3) is 0.600. The maximum atomic E-state index is 9.19. The number of rotatable bonds is 7. The number of anilines is 2. The van der Waals surface area contributed by atoms with Crippen LogP contribution < -0.4 is 15.8 Å². The van der Waals surface area contributed by atoms with Crippen LogP contribution in [0.15, 0.2) is 6.33 Å². The number of nitrogens with one attached hydrogen (secondary N) is 1. The van der Waals surface area contributed by atoms with E-state index in [1.165, 1.54) is 6.33 Å². The number of nitrogens with two attached hydrogens (primary N) is 1. The third-order valence-corrected chi connectivity index (χ3v) is 2.01. The lowest BCUT2D eigenvalue weighted by atomic mass is 10.3. The molecule has 0 aromatic carbocycles. The summed E-state index contributed by atoms with van der Waals surface area (Å²) in [6, 6.07) is 0. The molecule has 7 heteroatoms. The van der Waals surface area contributed by atoms with Gasteiger partial charge in [-0.1, -0.05) is 6.92 Å². The molecule has 0 saturated carbocycles. The quantitative estimate of drug-likeness (QED) is 0.515. The van der Waals surface area contributed by atoms with E-state index in [-0.39, 0.29) is 13.2 Å². The molecule has 7 nitrogen and oxygen atoms in total. The minimum absolute atomic E-state index is 0.158. The third kappa shape index (κ3) is 4.04. The normalized spacial score (nSPS) is 12.2. The molecule has 0 amide bonds. The van der Waals surface area contributed by atoms with Crippen LogP contribution in [0.1, 0.15) is 13.3 Å². The topological polar surface area (TPSA) is 114 Å². The maximum absolute atomic E-state index is 9.19. The van der Waals surface area contributed by atoms with Gasteiger partial charge in [0.25, 0.3) is 0 Å². The van der Waals surface area contributed by atoms with E-state index in [1.807, 2.05) is 6.92 Å². The van der Waals surface area contributed by atoms with Crippen molar-refractivity contribution < 1.29 is 14.9 Å². The molecular formula is C10H18N4O3. The minimum atomic E-state index is -0.857. The number of nitrogens with zero attached hydrogens (tertiary/aromatic N) is 2. The highest BCUT2D eigenvalue weighted by atomic mass is 16.5. The van der Waals surface area contributed by atoms with Crippen LogP contribution in [0.25, 0.3) is 0 Å². The van der Waals surface area contributed by atoms with Crippen molar-refractivity contribution >= 4 is 11.5 Å². The first-order valence-electron chi connectivity index (χ1n) is 5.45. The molecule has 0 spiro atoms. The van der Waals surface area contributed by atoms with Crippen LogP contribution in [0.4, 0.5) is 11.5 Å². The molecule has 0 aliphatic heterocycles. The summed E-state index contributed by atoms with van der Waals surface area (Å²) in [5.41, 5.74) is 6.09. The van der Waals surface area contributed by atoms with Crippen LogP contribution in [0, 0.1) is 0 Å². The van der Waals surface area contributed by atoms with Crippen LogP contribution in [0.3, 0.4) is 0 Å². The van der Waals surface area contributed by atoms with Crippen molar-refractivity contribution in [1.82, 2.24) is 9.97 Å². The molecule has 1 aromatic heterocycles. The van der Waals surface area contributed by atoms with E-state index >= 15 is 0 Å². The van der Waals surface area contributed by atoms with Gasteiger partial charge in [-0.15, -0.1) is 0 Å². The maximum Gasteiger partial charge on any atom is 0.242 e. The van der Waals surface area contributed by atoms with Crippen molar-refractivity contribution in [3.63, 3.8) is 0 Å².